The number of hydrogen-bond donors (Lipinski definition) is 2. The molecule has 72 valence electrons. The fraction of sp³-hybridized carbons (Fsp3) is 0.556. The molecule has 13 heavy (non-hydrogen) atoms. The highest BCUT2D eigenvalue weighted by Gasteiger charge is 1.97. The van der Waals surface area contributed by atoms with E-state index >= 15 is 0 Å². The van der Waals surface area contributed by atoms with Crippen LogP contribution in [-0.4, -0.2) is 22.4 Å². The number of hydrogen-bond acceptors (Lipinski definition) is 2. The molecule has 1 amide bonds. The molecule has 1 aromatic rings. The predicted octanol–water partition coefficient (Wildman–Crippen LogP) is 0.868. The largest absolute Gasteiger partial charge is 0.356 e. The van der Waals surface area contributed by atoms with Gasteiger partial charge >= 0.3 is 0 Å². The minimum atomic E-state index is 0.111. The number of aromatic nitrogens is 2. The molecular formula is C9H15N3O. The Morgan fingerprint density at radius 1 is 1.69 bits per heavy atom. The Morgan fingerprint density at radius 2 is 2.54 bits per heavy atom. The van der Waals surface area contributed by atoms with Crippen LogP contribution < -0.4 is 5.32 Å². The van der Waals surface area contributed by atoms with Crippen molar-refractivity contribution in [3.63, 3.8) is 0 Å². The molecule has 1 heterocycles. The molecule has 0 unspecified atom stereocenters. The zero-order chi connectivity index (χ0) is 9.52. The van der Waals surface area contributed by atoms with Gasteiger partial charge in [-0.1, -0.05) is 6.92 Å². The molecule has 0 fully saturated rings. The molecule has 0 aliphatic heterocycles. The van der Waals surface area contributed by atoms with E-state index in [1.54, 1.807) is 12.4 Å². The lowest BCUT2D eigenvalue weighted by atomic mass is 10.3. The summed E-state index contributed by atoms with van der Waals surface area (Å²) in [7, 11) is 0. The van der Waals surface area contributed by atoms with Gasteiger partial charge in [-0.3, -0.25) is 4.79 Å². The number of aromatic amines is 1. The second-order valence-corrected chi connectivity index (χ2v) is 2.84. The third kappa shape index (κ3) is 3.73. The van der Waals surface area contributed by atoms with Crippen LogP contribution in [0.25, 0.3) is 0 Å². The molecule has 0 atom stereocenters. The van der Waals surface area contributed by atoms with Crippen molar-refractivity contribution in [1.29, 1.82) is 0 Å². The maximum absolute atomic E-state index is 10.8. The van der Waals surface area contributed by atoms with Gasteiger partial charge in [-0.15, -0.1) is 0 Å². The van der Waals surface area contributed by atoms with Crippen LogP contribution in [0.15, 0.2) is 12.4 Å². The summed E-state index contributed by atoms with van der Waals surface area (Å²) in [4.78, 5) is 17.9. The molecule has 0 aliphatic rings. The van der Waals surface area contributed by atoms with Crippen molar-refractivity contribution in [3.05, 3.63) is 18.2 Å². The molecule has 0 aliphatic carbocycles. The lowest BCUT2D eigenvalue weighted by Gasteiger charge is -2.01. The molecule has 0 radical (unpaired) electrons. The van der Waals surface area contributed by atoms with Crippen LogP contribution in [-0.2, 0) is 11.2 Å². The molecule has 1 rings (SSSR count). The number of amides is 1. The van der Waals surface area contributed by atoms with Gasteiger partial charge < -0.3 is 10.3 Å². The Bertz CT molecular complexity index is 243. The van der Waals surface area contributed by atoms with Gasteiger partial charge in [0.05, 0.1) is 0 Å². The van der Waals surface area contributed by atoms with Crippen LogP contribution in [0.3, 0.4) is 0 Å². The van der Waals surface area contributed by atoms with E-state index in [1.165, 1.54) is 0 Å². The summed E-state index contributed by atoms with van der Waals surface area (Å²) in [6.45, 7) is 2.58. The minimum absolute atomic E-state index is 0.111. The molecule has 4 heteroatoms. The molecule has 2 N–H and O–H groups in total. The maximum Gasteiger partial charge on any atom is 0.219 e. The number of nitrogens with one attached hydrogen (secondary N) is 2. The van der Waals surface area contributed by atoms with E-state index in [2.05, 4.69) is 15.3 Å². The van der Waals surface area contributed by atoms with Gasteiger partial charge in [0.2, 0.25) is 5.91 Å². The monoisotopic (exact) mass is 181 g/mol. The summed E-state index contributed by atoms with van der Waals surface area (Å²) in [6, 6.07) is 0. The fourth-order valence-corrected chi connectivity index (χ4v) is 1.04. The van der Waals surface area contributed by atoms with E-state index in [1.807, 2.05) is 6.92 Å². The number of H-pyrrole nitrogens is 1. The summed E-state index contributed by atoms with van der Waals surface area (Å²) in [5, 5.41) is 2.81. The molecule has 0 saturated carbocycles. The van der Waals surface area contributed by atoms with Gasteiger partial charge in [-0.2, -0.15) is 0 Å². The summed E-state index contributed by atoms with van der Waals surface area (Å²) in [5.41, 5.74) is 0. The van der Waals surface area contributed by atoms with Gasteiger partial charge in [0.15, 0.2) is 0 Å². The van der Waals surface area contributed by atoms with Crippen LogP contribution in [0.2, 0.25) is 0 Å². The average molecular weight is 181 g/mol. The summed E-state index contributed by atoms with van der Waals surface area (Å²) in [6.07, 6.45) is 5.91. The standard InChI is InChI=1S/C9H15N3O/c1-2-9(13)12-5-3-4-8-10-6-7-11-8/h6-7H,2-5H2,1H3,(H,10,11)(H,12,13). The molecule has 0 spiro atoms. The van der Waals surface area contributed by atoms with Crippen molar-refractivity contribution in [3.8, 4) is 0 Å². The van der Waals surface area contributed by atoms with Crippen molar-refractivity contribution in [2.45, 2.75) is 26.2 Å². The van der Waals surface area contributed by atoms with Crippen LogP contribution >= 0.6 is 0 Å². The van der Waals surface area contributed by atoms with Crippen molar-refractivity contribution in [1.82, 2.24) is 15.3 Å². The van der Waals surface area contributed by atoms with Crippen LogP contribution in [0.5, 0.6) is 0 Å². The van der Waals surface area contributed by atoms with E-state index in [4.69, 9.17) is 0 Å². The topological polar surface area (TPSA) is 57.8 Å². The molecule has 0 saturated heterocycles. The van der Waals surface area contributed by atoms with Gasteiger partial charge in [0.1, 0.15) is 5.82 Å². The third-order valence-corrected chi connectivity index (χ3v) is 1.79. The van der Waals surface area contributed by atoms with Crippen molar-refractivity contribution < 1.29 is 4.79 Å². The number of rotatable bonds is 5. The number of carbonyl (C=O) groups excluding carboxylic acids is 1. The molecule has 4 nitrogen and oxygen atoms in total. The van der Waals surface area contributed by atoms with Gasteiger partial charge in [-0.05, 0) is 6.42 Å². The van der Waals surface area contributed by atoms with Crippen LogP contribution in [0.1, 0.15) is 25.6 Å². The molecular weight excluding hydrogens is 166 g/mol. The Labute approximate surface area is 77.8 Å². The molecule has 1 aromatic heterocycles. The molecule has 0 aromatic carbocycles. The number of nitrogens with zero attached hydrogens (tertiary/aromatic N) is 1. The van der Waals surface area contributed by atoms with Crippen molar-refractivity contribution in [2.75, 3.05) is 6.54 Å². The van der Waals surface area contributed by atoms with E-state index < -0.39 is 0 Å². The predicted molar refractivity (Wildman–Crippen MR) is 50.2 cm³/mol. The Morgan fingerprint density at radius 3 is 3.15 bits per heavy atom. The second kappa shape index (κ2) is 5.35. The number of imidazole rings is 1. The SMILES string of the molecule is CCC(=O)NCCCc1ncc[nH]1. The lowest BCUT2D eigenvalue weighted by molar-refractivity contribution is -0.120. The number of carbonyl (C=O) groups is 1. The first-order valence-corrected chi connectivity index (χ1v) is 4.58. The van der Waals surface area contributed by atoms with E-state index in [-0.39, 0.29) is 5.91 Å². The summed E-state index contributed by atoms with van der Waals surface area (Å²) >= 11 is 0. The van der Waals surface area contributed by atoms with Crippen molar-refractivity contribution >= 4 is 5.91 Å². The summed E-state index contributed by atoms with van der Waals surface area (Å²) < 4.78 is 0. The van der Waals surface area contributed by atoms with Crippen LogP contribution in [0.4, 0.5) is 0 Å². The fourth-order valence-electron chi connectivity index (χ4n) is 1.04. The van der Waals surface area contributed by atoms with E-state index in [0.29, 0.717) is 6.42 Å². The highest BCUT2D eigenvalue weighted by molar-refractivity contribution is 5.75. The van der Waals surface area contributed by atoms with Crippen LogP contribution in [0, 0.1) is 0 Å². The first-order chi connectivity index (χ1) is 6.33. The second-order valence-electron chi connectivity index (χ2n) is 2.84. The first kappa shape index (κ1) is 9.77. The summed E-state index contributed by atoms with van der Waals surface area (Å²) in [5.74, 6) is 1.09. The van der Waals surface area contributed by atoms with Gasteiger partial charge in [0, 0.05) is 31.8 Å². The first-order valence-electron chi connectivity index (χ1n) is 4.58. The highest BCUT2D eigenvalue weighted by Crippen LogP contribution is 1.93. The quantitative estimate of drug-likeness (QED) is 0.662. The zero-order valence-corrected chi connectivity index (χ0v) is 7.84. The minimum Gasteiger partial charge on any atom is -0.356 e. The van der Waals surface area contributed by atoms with E-state index in [0.717, 1.165) is 25.2 Å². The van der Waals surface area contributed by atoms with Gasteiger partial charge in [-0.25, -0.2) is 4.98 Å². The van der Waals surface area contributed by atoms with Crippen molar-refractivity contribution in [2.24, 2.45) is 0 Å². The Balaban J connectivity index is 2.05. The zero-order valence-electron chi connectivity index (χ0n) is 7.84. The average Bonchev–Trinajstić information content (AvgIpc) is 2.64. The lowest BCUT2D eigenvalue weighted by Crippen LogP contribution is -2.23. The normalized spacial score (nSPS) is 9.92. The maximum atomic E-state index is 10.8. The highest BCUT2D eigenvalue weighted by atomic mass is 16.1. The smallest absolute Gasteiger partial charge is 0.219 e. The van der Waals surface area contributed by atoms with Gasteiger partial charge in [0.25, 0.3) is 0 Å². The third-order valence-electron chi connectivity index (χ3n) is 1.79. The van der Waals surface area contributed by atoms with E-state index in [9.17, 15) is 4.79 Å². The Kier molecular flexibility index (Phi) is 4.02. The Hall–Kier alpha value is -1.32. The number of aryl methyl sites for hydroxylation is 1. The molecule has 0 bridgehead atoms.